The molecule has 1 heterocycles. The van der Waals surface area contributed by atoms with Crippen molar-refractivity contribution in [1.29, 1.82) is 0 Å². The lowest BCUT2D eigenvalue weighted by atomic mass is 10.2. The molecular weight excluding hydrogens is 308 g/mol. The van der Waals surface area contributed by atoms with E-state index in [1.165, 1.54) is 4.90 Å². The third-order valence-corrected chi connectivity index (χ3v) is 3.64. The Morgan fingerprint density at radius 1 is 1.17 bits per heavy atom. The second kappa shape index (κ2) is 7.14. The number of amides is 2. The van der Waals surface area contributed by atoms with Gasteiger partial charge >= 0.3 is 0 Å². The van der Waals surface area contributed by atoms with Crippen molar-refractivity contribution >= 4 is 17.5 Å². The molecule has 6 heteroatoms. The van der Waals surface area contributed by atoms with E-state index in [0.29, 0.717) is 11.4 Å². The van der Waals surface area contributed by atoms with Crippen molar-refractivity contribution in [2.24, 2.45) is 0 Å². The number of hydrogen-bond donors (Lipinski definition) is 1. The van der Waals surface area contributed by atoms with Crippen molar-refractivity contribution in [3.63, 3.8) is 0 Å². The molecule has 3 rings (SSSR count). The molecule has 0 radical (unpaired) electrons. The number of rotatable bonds is 5. The molecule has 6 nitrogen and oxygen atoms in total. The zero-order valence-electron chi connectivity index (χ0n) is 13.3. The fourth-order valence-corrected chi connectivity index (χ4v) is 2.47. The van der Waals surface area contributed by atoms with Crippen LogP contribution in [0, 0.1) is 0 Å². The van der Waals surface area contributed by atoms with Crippen LogP contribution in [0.15, 0.2) is 54.6 Å². The van der Waals surface area contributed by atoms with Crippen LogP contribution in [0.1, 0.15) is 12.5 Å². The van der Waals surface area contributed by atoms with Gasteiger partial charge in [-0.2, -0.15) is 0 Å². The molecule has 0 aliphatic carbocycles. The summed E-state index contributed by atoms with van der Waals surface area (Å²) in [5, 5.41) is 0. The summed E-state index contributed by atoms with van der Waals surface area (Å²) in [5.74, 6) is -0.0716. The van der Waals surface area contributed by atoms with Gasteiger partial charge in [-0.3, -0.25) is 19.3 Å². The van der Waals surface area contributed by atoms with Crippen LogP contribution in [0.4, 0.5) is 5.69 Å². The first kappa shape index (κ1) is 16.0. The van der Waals surface area contributed by atoms with Crippen LogP contribution >= 0.6 is 0 Å². The standard InChI is InChI=1S/C18H18N2O4/c1-13-18(22)20(15-9-5-6-10-16(15)24-13)11-17(21)19-23-12-14-7-3-2-4-8-14/h2-10,13H,11-12H2,1H3,(H,19,21). The fourth-order valence-electron chi connectivity index (χ4n) is 2.47. The average Bonchev–Trinajstić information content (AvgIpc) is 2.60. The molecule has 1 aliphatic heterocycles. The number of carbonyl (C=O) groups is 2. The number of hydrogen-bond acceptors (Lipinski definition) is 4. The molecule has 2 aromatic carbocycles. The Hall–Kier alpha value is -2.86. The Balaban J connectivity index is 1.60. The van der Waals surface area contributed by atoms with E-state index in [9.17, 15) is 9.59 Å². The Morgan fingerprint density at radius 3 is 2.67 bits per heavy atom. The second-order valence-electron chi connectivity index (χ2n) is 5.45. The van der Waals surface area contributed by atoms with Crippen LogP contribution in [0.3, 0.4) is 0 Å². The van der Waals surface area contributed by atoms with E-state index in [1.807, 2.05) is 36.4 Å². The molecule has 1 N–H and O–H groups in total. The van der Waals surface area contributed by atoms with E-state index >= 15 is 0 Å². The van der Waals surface area contributed by atoms with Gasteiger partial charge in [0.05, 0.1) is 12.3 Å². The van der Waals surface area contributed by atoms with E-state index in [-0.39, 0.29) is 19.1 Å². The lowest BCUT2D eigenvalue weighted by Gasteiger charge is -2.32. The van der Waals surface area contributed by atoms with E-state index in [0.717, 1.165) is 5.56 Å². The molecule has 0 aromatic heterocycles. The topological polar surface area (TPSA) is 67.9 Å². The molecule has 0 saturated carbocycles. The Morgan fingerprint density at radius 2 is 1.88 bits per heavy atom. The summed E-state index contributed by atoms with van der Waals surface area (Å²) < 4.78 is 5.54. The first-order valence-corrected chi connectivity index (χ1v) is 7.67. The molecule has 24 heavy (non-hydrogen) atoms. The average molecular weight is 326 g/mol. The normalized spacial score (nSPS) is 16.3. The van der Waals surface area contributed by atoms with Crippen molar-refractivity contribution in [3.05, 3.63) is 60.2 Å². The predicted octanol–water partition coefficient (Wildman–Crippen LogP) is 2.05. The van der Waals surface area contributed by atoms with Crippen LogP contribution in [0.5, 0.6) is 5.75 Å². The highest BCUT2D eigenvalue weighted by Crippen LogP contribution is 2.33. The molecule has 0 spiro atoms. The van der Waals surface area contributed by atoms with Crippen LogP contribution in [0.25, 0.3) is 0 Å². The third kappa shape index (κ3) is 3.55. The molecule has 2 amide bonds. The van der Waals surface area contributed by atoms with Gasteiger partial charge in [-0.15, -0.1) is 0 Å². The SMILES string of the molecule is CC1Oc2ccccc2N(CC(=O)NOCc2ccccc2)C1=O. The molecule has 0 fully saturated rings. The van der Waals surface area contributed by atoms with Gasteiger partial charge in [0, 0.05) is 0 Å². The molecule has 124 valence electrons. The van der Waals surface area contributed by atoms with E-state index in [2.05, 4.69) is 5.48 Å². The molecule has 2 aromatic rings. The highest BCUT2D eigenvalue weighted by Gasteiger charge is 2.32. The van der Waals surface area contributed by atoms with Crippen molar-refractivity contribution in [1.82, 2.24) is 5.48 Å². The van der Waals surface area contributed by atoms with Gasteiger partial charge in [-0.1, -0.05) is 42.5 Å². The summed E-state index contributed by atoms with van der Waals surface area (Å²) in [6.45, 7) is 1.80. The highest BCUT2D eigenvalue weighted by atomic mass is 16.6. The second-order valence-corrected chi connectivity index (χ2v) is 5.45. The van der Waals surface area contributed by atoms with Gasteiger partial charge in [-0.25, -0.2) is 5.48 Å². The lowest BCUT2D eigenvalue weighted by molar-refractivity contribution is -0.135. The zero-order valence-corrected chi connectivity index (χ0v) is 13.3. The summed E-state index contributed by atoms with van der Waals surface area (Å²) in [5.41, 5.74) is 3.90. The minimum atomic E-state index is -0.627. The number of anilines is 1. The van der Waals surface area contributed by atoms with Crippen molar-refractivity contribution in [3.8, 4) is 5.75 Å². The molecule has 1 unspecified atom stereocenters. The predicted molar refractivity (Wildman–Crippen MR) is 88.3 cm³/mol. The Labute approximate surface area is 139 Å². The minimum absolute atomic E-state index is 0.127. The van der Waals surface area contributed by atoms with Crippen molar-refractivity contribution in [2.75, 3.05) is 11.4 Å². The lowest BCUT2D eigenvalue weighted by Crippen LogP contribution is -2.48. The van der Waals surface area contributed by atoms with Gasteiger partial charge in [0.2, 0.25) is 0 Å². The number of fused-ring (bicyclic) bond motifs is 1. The summed E-state index contributed by atoms with van der Waals surface area (Å²) in [6, 6.07) is 16.6. The van der Waals surface area contributed by atoms with Crippen LogP contribution < -0.4 is 15.1 Å². The molecule has 1 aliphatic rings. The maximum atomic E-state index is 12.3. The number of nitrogens with one attached hydrogen (secondary N) is 1. The van der Waals surface area contributed by atoms with E-state index in [1.54, 1.807) is 25.1 Å². The number of carbonyl (C=O) groups excluding carboxylic acids is 2. The highest BCUT2D eigenvalue weighted by molar-refractivity contribution is 6.03. The van der Waals surface area contributed by atoms with Gasteiger partial charge < -0.3 is 4.74 Å². The van der Waals surface area contributed by atoms with Crippen molar-refractivity contribution < 1.29 is 19.2 Å². The minimum Gasteiger partial charge on any atom is -0.479 e. The largest absolute Gasteiger partial charge is 0.479 e. The molecule has 0 bridgehead atoms. The van der Waals surface area contributed by atoms with Crippen LogP contribution in [-0.4, -0.2) is 24.5 Å². The molecular formula is C18H18N2O4. The van der Waals surface area contributed by atoms with Gasteiger partial charge in [0.15, 0.2) is 6.10 Å². The van der Waals surface area contributed by atoms with Crippen LogP contribution in [0.2, 0.25) is 0 Å². The fraction of sp³-hybridized carbons (Fsp3) is 0.222. The number of para-hydroxylation sites is 2. The summed E-state index contributed by atoms with van der Waals surface area (Å²) in [4.78, 5) is 31.0. The van der Waals surface area contributed by atoms with Crippen LogP contribution in [-0.2, 0) is 21.0 Å². The number of benzene rings is 2. The quantitative estimate of drug-likeness (QED) is 0.854. The van der Waals surface area contributed by atoms with Gasteiger partial charge in [0.25, 0.3) is 11.8 Å². The first-order valence-electron chi connectivity index (χ1n) is 7.67. The number of hydroxylamine groups is 1. The van der Waals surface area contributed by atoms with E-state index in [4.69, 9.17) is 9.57 Å². The maximum absolute atomic E-state index is 12.3. The van der Waals surface area contributed by atoms with Gasteiger partial charge in [0.1, 0.15) is 12.3 Å². The van der Waals surface area contributed by atoms with Crippen molar-refractivity contribution in [2.45, 2.75) is 19.6 Å². The van der Waals surface area contributed by atoms with E-state index < -0.39 is 12.0 Å². The molecule has 1 atom stereocenters. The molecule has 0 saturated heterocycles. The summed E-state index contributed by atoms with van der Waals surface area (Å²) in [6.07, 6.45) is -0.627. The summed E-state index contributed by atoms with van der Waals surface area (Å²) in [7, 11) is 0. The summed E-state index contributed by atoms with van der Waals surface area (Å²) >= 11 is 0. The number of nitrogens with zero attached hydrogens (tertiary/aromatic N) is 1. The number of ether oxygens (including phenoxy) is 1. The Bertz CT molecular complexity index is 733. The maximum Gasteiger partial charge on any atom is 0.268 e. The first-order chi connectivity index (χ1) is 11.6. The zero-order chi connectivity index (χ0) is 16.9. The third-order valence-electron chi connectivity index (χ3n) is 3.64. The van der Waals surface area contributed by atoms with Gasteiger partial charge in [-0.05, 0) is 24.6 Å². The Kier molecular flexibility index (Phi) is 4.77. The monoisotopic (exact) mass is 326 g/mol. The smallest absolute Gasteiger partial charge is 0.268 e.